The van der Waals surface area contributed by atoms with Gasteiger partial charge in [-0.25, -0.2) is 0 Å². The number of nitrogens with zero attached hydrogens (tertiary/aromatic N) is 13. The Balaban J connectivity index is -0.000000112. The number of hydrogen-bond donors (Lipinski definition) is 0. The molecule has 0 fully saturated rings. The molecule has 0 bridgehead atoms. The van der Waals surface area contributed by atoms with Crippen molar-refractivity contribution in [3.05, 3.63) is 0 Å². The summed E-state index contributed by atoms with van der Waals surface area (Å²) in [6.45, 7) is 91.4. The summed E-state index contributed by atoms with van der Waals surface area (Å²) < 4.78 is 0. The molecule has 854 valence electrons. The van der Waals surface area contributed by atoms with Gasteiger partial charge in [0, 0.05) is 0 Å². The molecule has 0 unspecified atom stereocenters. The van der Waals surface area contributed by atoms with Gasteiger partial charge in [0.25, 0.3) is 0 Å². The van der Waals surface area contributed by atoms with Crippen LogP contribution in [0.4, 0.5) is 0 Å². The number of rotatable bonds is 86. The number of hydrogen-bond acceptors (Lipinski definition) is 13. The van der Waals surface area contributed by atoms with Gasteiger partial charge in [0.2, 0.25) is 0 Å². The van der Waals surface area contributed by atoms with Gasteiger partial charge in [-0.1, -0.05) is 437 Å². The van der Waals surface area contributed by atoms with E-state index in [-0.39, 0.29) is 0 Å². The lowest BCUT2D eigenvalue weighted by Gasteiger charge is -2.22. The van der Waals surface area contributed by atoms with Crippen LogP contribution >= 0.6 is 0 Å². The molecule has 0 aliphatic heterocycles. The van der Waals surface area contributed by atoms with E-state index >= 15 is 0 Å². The fourth-order valence-corrected chi connectivity index (χ4v) is 15.1. The zero-order valence-corrected chi connectivity index (χ0v) is 106. The van der Waals surface area contributed by atoms with Crippen molar-refractivity contribution in [3.8, 4) is 0 Å². The molecule has 0 aliphatic carbocycles. The first-order valence-corrected chi connectivity index (χ1v) is 62.4. The Bertz CT molecular complexity index is 1710. The Morgan fingerprint density at radius 1 is 0.0870 bits per heavy atom. The molecule has 0 atom stereocenters. The Morgan fingerprint density at radius 3 is 0.377 bits per heavy atom. The predicted molar refractivity (Wildman–Crippen MR) is 652 cm³/mol. The van der Waals surface area contributed by atoms with Crippen molar-refractivity contribution in [1.82, 2.24) is 63.7 Å². The van der Waals surface area contributed by atoms with Crippen LogP contribution in [0.1, 0.15) is 565 Å². The molecular weight excluding hydrogens is 1680 g/mol. The number of unbranched alkanes of at least 4 members (excludes halogenated alkanes) is 40. The summed E-state index contributed by atoms with van der Waals surface area (Å²) in [6, 6.07) is 0. The molecule has 138 heavy (non-hydrogen) atoms. The average molecular weight is 1970 g/mol. The third-order valence-electron chi connectivity index (χ3n) is 25.0. The van der Waals surface area contributed by atoms with Crippen molar-refractivity contribution in [1.29, 1.82) is 0 Å². The van der Waals surface area contributed by atoms with Crippen LogP contribution in [0.25, 0.3) is 0 Å². The minimum absolute atomic E-state index is 1.19. The second-order valence-electron chi connectivity index (χ2n) is 41.9. The summed E-state index contributed by atoms with van der Waals surface area (Å²) in [7, 11) is 27.9. The van der Waals surface area contributed by atoms with Crippen molar-refractivity contribution in [2.24, 2.45) is 0 Å². The molecule has 0 spiro atoms. The van der Waals surface area contributed by atoms with Crippen LogP contribution in [0, 0.1) is 0 Å². The molecule has 0 amide bonds. The van der Waals surface area contributed by atoms with E-state index in [1.54, 1.807) is 0 Å². The maximum Gasteiger partial charge on any atom is -0.00187 e. The maximum absolute atomic E-state index is 2.70. The molecule has 13 heteroatoms. The van der Waals surface area contributed by atoms with Crippen LogP contribution in [0.15, 0.2) is 0 Å². The summed E-state index contributed by atoms with van der Waals surface area (Å²) in [5.41, 5.74) is 0. The minimum Gasteiger partial charge on any atom is -0.309 e. The lowest BCUT2D eigenvalue weighted by molar-refractivity contribution is 0.256. The van der Waals surface area contributed by atoms with Gasteiger partial charge in [0.1, 0.15) is 0 Å². The third-order valence-corrected chi connectivity index (χ3v) is 25.0. The molecule has 0 saturated heterocycles. The van der Waals surface area contributed by atoms with E-state index in [2.05, 4.69) is 335 Å². The van der Waals surface area contributed by atoms with Crippen molar-refractivity contribution < 1.29 is 0 Å². The van der Waals surface area contributed by atoms with Gasteiger partial charge in [-0.15, -0.1) is 0 Å². The smallest absolute Gasteiger partial charge is 0.00187 e. The first-order valence-electron chi connectivity index (χ1n) is 62.4. The molecule has 0 aromatic rings. The van der Waals surface area contributed by atoms with E-state index < -0.39 is 0 Å². The van der Waals surface area contributed by atoms with Crippen molar-refractivity contribution in [3.63, 3.8) is 0 Å². The van der Waals surface area contributed by atoms with Crippen LogP contribution < -0.4 is 0 Å². The summed E-state index contributed by atoms with van der Waals surface area (Å²) in [5.74, 6) is 0. The van der Waals surface area contributed by atoms with E-state index in [9.17, 15) is 0 Å². The lowest BCUT2D eigenvalue weighted by atomic mass is 10.1. The predicted octanol–water partition coefficient (Wildman–Crippen LogP) is 35.9. The highest BCUT2D eigenvalue weighted by molar-refractivity contribution is 4.63. The first kappa shape index (κ1) is 165. The van der Waals surface area contributed by atoms with Crippen LogP contribution in [0.5, 0.6) is 0 Å². The molecule has 13 nitrogen and oxygen atoms in total. The fourth-order valence-electron chi connectivity index (χ4n) is 15.1. The van der Waals surface area contributed by atoms with Crippen LogP contribution in [-0.4, -0.2) is 325 Å². The molecule has 0 aromatic carbocycles. The van der Waals surface area contributed by atoms with E-state index in [0.717, 1.165) is 0 Å². The summed E-state index contributed by atoms with van der Waals surface area (Å²) in [5, 5.41) is 0. The zero-order valence-electron chi connectivity index (χ0n) is 106. The second-order valence-corrected chi connectivity index (χ2v) is 41.9. The molecule has 0 aliphatic rings. The monoisotopic (exact) mass is 1970 g/mol. The minimum atomic E-state index is 1.19. The quantitative estimate of drug-likeness (QED) is 0.0544. The zero-order chi connectivity index (χ0) is 107. The van der Waals surface area contributed by atoms with Gasteiger partial charge >= 0.3 is 0 Å². The van der Waals surface area contributed by atoms with Crippen LogP contribution in [-0.2, 0) is 0 Å². The molecule has 0 saturated carbocycles. The normalized spacial score (nSPS) is 10.9. The molecule has 0 radical (unpaired) electrons. The maximum atomic E-state index is 2.70. The third kappa shape index (κ3) is 197. The highest BCUT2D eigenvalue weighted by Crippen LogP contribution is 2.13. The Labute approximate surface area is 885 Å². The standard InChI is InChI=1S/C15H33N.2C12H27N.C11H25N.2C10H23N.3C9H21N.2C8H19N.2C6H15N/c1-4-7-10-13-16(14-11-8-5-2)15-12-9-6-3;1-4-5-6-7-8-9-10-11-12-13(2)3;1-4-7-10-13(11-8-5-2)12-9-6-3;1-4-5-6-7-8-9-10-11-12(2)3;1-4-5-6-7-8-9-10-11(2)3;1-4-7-9-11(6-3)10-8-5-2;1-4-5-6-7-8-9-10(2)3;1-4-6-8-10(3)9-7-5-2;1-4-7-10(8-5-2)9-6-3;1-4-5-6-7-8-9(2)3;1-4-7-8-9(5-2)6-3;1-4-5-6-7(2)3;1-4-7(5-2)6-3/h4-15H2,1-3H3;2*4-12H2,1-3H3;4-11H2,1-3H3;2*4-10H2,1-3H3;3*4-9H2,1-3H3;2*4-8H2,1-3H3;2*4-6H2,1-3H3. The van der Waals surface area contributed by atoms with Gasteiger partial charge in [-0.3, -0.25) is 0 Å². The second kappa shape index (κ2) is 162. The van der Waals surface area contributed by atoms with E-state index in [1.807, 2.05) is 0 Å². The van der Waals surface area contributed by atoms with Crippen LogP contribution in [0.3, 0.4) is 0 Å². The highest BCUT2D eigenvalue weighted by Gasteiger charge is 2.07. The molecule has 0 aromatic heterocycles. The largest absolute Gasteiger partial charge is 0.309 e. The topological polar surface area (TPSA) is 42.1 Å². The average Bonchev–Trinajstić information content (AvgIpc) is 0.984. The molecular formula is C125H289N13. The fraction of sp³-hybridized carbons (Fsp3) is 1.00. The van der Waals surface area contributed by atoms with Gasteiger partial charge in [0.05, 0.1) is 0 Å². The van der Waals surface area contributed by atoms with Gasteiger partial charge in [-0.2, -0.15) is 0 Å². The van der Waals surface area contributed by atoms with Gasteiger partial charge in [0.15, 0.2) is 0 Å². The summed E-state index contributed by atoms with van der Waals surface area (Å²) >= 11 is 0. The SMILES string of the molecule is CCCCCCCCCCN(C)C.CCCCCCCCCN(C)C.CCCCCCCCN(C)C.CCCCCCCN(C)C.CCCCCCN(C)C.CCCCCN(CCCCC)CCCCC.CCCCN(C)C.CCCCN(C)CCCC.CCCCN(CC)CC.CCCCN(CC)CCCC.CCCCN(CCCC)CCCC.CCCN(CCC)CCC.CCN(CC)CC. The van der Waals surface area contributed by atoms with Crippen molar-refractivity contribution >= 4 is 0 Å². The van der Waals surface area contributed by atoms with Crippen molar-refractivity contribution in [2.75, 3.05) is 262 Å². The Kier molecular flexibility index (Phi) is 194. The molecule has 0 rings (SSSR count). The van der Waals surface area contributed by atoms with Crippen molar-refractivity contribution in [2.45, 2.75) is 565 Å². The van der Waals surface area contributed by atoms with E-state index in [1.165, 1.54) is 555 Å². The highest BCUT2D eigenvalue weighted by atomic mass is 15.1. The first-order chi connectivity index (χ1) is 66.5. The molecule has 0 heterocycles. The van der Waals surface area contributed by atoms with Crippen LogP contribution in [0.2, 0.25) is 0 Å². The Morgan fingerprint density at radius 2 is 0.210 bits per heavy atom. The lowest BCUT2D eigenvalue weighted by Crippen LogP contribution is -2.27. The summed E-state index contributed by atoms with van der Waals surface area (Å²) in [6.07, 6.45) is 82.5. The van der Waals surface area contributed by atoms with Gasteiger partial charge < -0.3 is 63.7 Å². The van der Waals surface area contributed by atoms with E-state index in [4.69, 9.17) is 0 Å². The molecule has 0 N–H and O–H groups in total. The van der Waals surface area contributed by atoms with E-state index in [0.29, 0.717) is 0 Å². The Hall–Kier alpha value is -0.520. The summed E-state index contributed by atoms with van der Waals surface area (Å²) in [4.78, 5) is 31.2. The van der Waals surface area contributed by atoms with Gasteiger partial charge in [-0.05, 0) is 390 Å².